The molecule has 0 aromatic heterocycles. The van der Waals surface area contributed by atoms with Crippen molar-refractivity contribution in [2.24, 2.45) is 5.73 Å². The molecule has 0 fully saturated rings. The van der Waals surface area contributed by atoms with Gasteiger partial charge in [-0.3, -0.25) is 9.59 Å². The van der Waals surface area contributed by atoms with Crippen LogP contribution in [-0.2, 0) is 32.1 Å². The summed E-state index contributed by atoms with van der Waals surface area (Å²) in [4.78, 5) is 47.9. The molecule has 1 amide bonds. The minimum absolute atomic E-state index is 0.0136. The fourth-order valence-corrected chi connectivity index (χ4v) is 2.88. The monoisotopic (exact) mass is 428 g/mol. The summed E-state index contributed by atoms with van der Waals surface area (Å²) in [6, 6.07) is 13.0. The molecule has 2 unspecified atom stereocenters. The first-order valence-corrected chi connectivity index (χ1v) is 9.46. The summed E-state index contributed by atoms with van der Waals surface area (Å²) in [5.74, 6) is -2.50. The third-order valence-electron chi connectivity index (χ3n) is 4.43. The van der Waals surface area contributed by atoms with Crippen molar-refractivity contribution in [2.45, 2.75) is 31.5 Å². The van der Waals surface area contributed by atoms with Crippen LogP contribution >= 0.6 is 0 Å². The van der Waals surface area contributed by atoms with E-state index < -0.39 is 42.3 Å². The minimum Gasteiger partial charge on any atom is -0.481 e. The van der Waals surface area contributed by atoms with Crippen molar-refractivity contribution in [2.75, 3.05) is 7.11 Å². The van der Waals surface area contributed by atoms with Gasteiger partial charge in [0.1, 0.15) is 12.6 Å². The number of benzene rings is 2. The molecule has 0 spiro atoms. The summed E-state index contributed by atoms with van der Waals surface area (Å²) in [5.41, 5.74) is 7.05. The molecule has 2 aromatic carbocycles. The maximum absolute atomic E-state index is 12.6. The lowest BCUT2D eigenvalue weighted by molar-refractivity contribution is -0.143. The molecule has 0 aliphatic heterocycles. The van der Waals surface area contributed by atoms with Gasteiger partial charge in [0.05, 0.1) is 19.6 Å². The number of alkyl carbamates (subject to hydrolysis) is 1. The van der Waals surface area contributed by atoms with Gasteiger partial charge >= 0.3 is 18.0 Å². The first-order chi connectivity index (χ1) is 14.8. The lowest BCUT2D eigenvalue weighted by atomic mass is 9.94. The maximum Gasteiger partial charge on any atom is 0.408 e. The lowest BCUT2D eigenvalue weighted by Gasteiger charge is -2.19. The Balaban J connectivity index is 2.12. The van der Waals surface area contributed by atoms with Gasteiger partial charge in [-0.1, -0.05) is 54.6 Å². The van der Waals surface area contributed by atoms with Crippen molar-refractivity contribution in [3.05, 3.63) is 71.3 Å². The van der Waals surface area contributed by atoms with Crippen LogP contribution in [0.3, 0.4) is 0 Å². The zero-order valence-corrected chi connectivity index (χ0v) is 16.9. The van der Waals surface area contributed by atoms with Gasteiger partial charge in [0.15, 0.2) is 5.78 Å². The van der Waals surface area contributed by atoms with Gasteiger partial charge in [-0.15, -0.1) is 0 Å². The van der Waals surface area contributed by atoms with Crippen molar-refractivity contribution in [3.63, 3.8) is 0 Å². The number of hydrogen-bond acceptors (Lipinski definition) is 7. The molecule has 2 atom stereocenters. The smallest absolute Gasteiger partial charge is 0.408 e. The maximum atomic E-state index is 12.6. The van der Waals surface area contributed by atoms with Gasteiger partial charge in [0, 0.05) is 12.0 Å². The zero-order valence-electron chi connectivity index (χ0n) is 16.9. The molecule has 2 rings (SSSR count). The number of methoxy groups -OCH3 is 1. The lowest BCUT2D eigenvalue weighted by Crippen LogP contribution is -2.43. The molecule has 0 saturated heterocycles. The Hall–Kier alpha value is -3.72. The number of hydrogen-bond donors (Lipinski definition) is 3. The number of ether oxygens (including phenoxy) is 2. The average Bonchev–Trinajstić information content (AvgIpc) is 2.76. The summed E-state index contributed by atoms with van der Waals surface area (Å²) in [5, 5.41) is 11.3. The fraction of sp³-hybridized carbons (Fsp3) is 0.273. The van der Waals surface area contributed by atoms with Crippen LogP contribution in [0.25, 0.3) is 0 Å². The molecule has 9 nitrogen and oxygen atoms in total. The Morgan fingerprint density at radius 2 is 1.68 bits per heavy atom. The predicted octanol–water partition coefficient (Wildman–Crippen LogP) is 1.68. The van der Waals surface area contributed by atoms with E-state index in [0.29, 0.717) is 5.56 Å². The van der Waals surface area contributed by atoms with Gasteiger partial charge in [-0.05, 0) is 11.1 Å². The van der Waals surface area contributed by atoms with Crippen molar-refractivity contribution < 1.29 is 33.8 Å². The molecule has 0 bridgehead atoms. The highest BCUT2D eigenvalue weighted by molar-refractivity contribution is 6.02. The van der Waals surface area contributed by atoms with E-state index in [1.807, 2.05) is 6.07 Å². The highest BCUT2D eigenvalue weighted by atomic mass is 16.6. The molecule has 0 aliphatic rings. The van der Waals surface area contributed by atoms with Crippen LogP contribution in [0, 0.1) is 0 Å². The highest BCUT2D eigenvalue weighted by Crippen LogP contribution is 2.15. The molecule has 31 heavy (non-hydrogen) atoms. The zero-order chi connectivity index (χ0) is 22.8. The van der Waals surface area contributed by atoms with E-state index in [-0.39, 0.29) is 18.6 Å². The highest BCUT2D eigenvalue weighted by Gasteiger charge is 2.27. The van der Waals surface area contributed by atoms with Crippen molar-refractivity contribution in [1.29, 1.82) is 0 Å². The fourth-order valence-electron chi connectivity index (χ4n) is 2.88. The molecule has 9 heteroatoms. The summed E-state index contributed by atoms with van der Waals surface area (Å²) >= 11 is 0. The number of rotatable bonds is 10. The molecule has 2 aromatic rings. The number of carboxylic acids is 1. The number of amides is 1. The van der Waals surface area contributed by atoms with Gasteiger partial charge in [-0.2, -0.15) is 0 Å². The Morgan fingerprint density at radius 3 is 2.32 bits per heavy atom. The number of nitrogens with two attached hydrogens (primary N) is 1. The van der Waals surface area contributed by atoms with Crippen LogP contribution in [0.2, 0.25) is 0 Å². The Morgan fingerprint density at radius 1 is 1.03 bits per heavy atom. The van der Waals surface area contributed by atoms with Crippen LogP contribution in [0.5, 0.6) is 0 Å². The number of nitrogens with one attached hydrogen (secondary N) is 1. The molecule has 4 N–H and O–H groups in total. The molecule has 0 heterocycles. The van der Waals surface area contributed by atoms with Gasteiger partial charge < -0.3 is 25.6 Å². The van der Waals surface area contributed by atoms with E-state index in [4.69, 9.17) is 20.3 Å². The molecule has 0 radical (unpaired) electrons. The van der Waals surface area contributed by atoms with Crippen molar-refractivity contribution >= 4 is 23.8 Å². The van der Waals surface area contributed by atoms with E-state index in [2.05, 4.69) is 5.32 Å². The number of carbonyl (C=O) groups excluding carboxylic acids is 3. The van der Waals surface area contributed by atoms with E-state index in [1.54, 1.807) is 42.5 Å². The van der Waals surface area contributed by atoms with E-state index in [0.717, 1.165) is 5.56 Å². The minimum atomic E-state index is -1.24. The Labute approximate surface area is 179 Å². The number of carbonyl (C=O) groups is 4. The second-order valence-corrected chi connectivity index (χ2v) is 6.71. The molecule has 164 valence electrons. The summed E-state index contributed by atoms with van der Waals surface area (Å²) in [6.45, 7) is 0.0136. The summed E-state index contributed by atoms with van der Waals surface area (Å²) < 4.78 is 9.89. The van der Waals surface area contributed by atoms with E-state index in [9.17, 15) is 19.2 Å². The van der Waals surface area contributed by atoms with E-state index >= 15 is 0 Å². The van der Waals surface area contributed by atoms with Gasteiger partial charge in [-0.25, -0.2) is 9.59 Å². The largest absolute Gasteiger partial charge is 0.481 e. The molecule has 0 aliphatic carbocycles. The quantitative estimate of drug-likeness (QED) is 0.383. The third-order valence-corrected chi connectivity index (χ3v) is 4.43. The molecular weight excluding hydrogens is 404 g/mol. The van der Waals surface area contributed by atoms with Crippen LogP contribution in [-0.4, -0.2) is 48.1 Å². The van der Waals surface area contributed by atoms with Crippen LogP contribution in [0.15, 0.2) is 54.6 Å². The first-order valence-electron chi connectivity index (χ1n) is 9.46. The number of aliphatic carboxylic acids is 1. The SMILES string of the molecule is COC(=O)C(Cc1ccccc1C(=O)C(N)CC(=O)O)NC(=O)OCc1ccccc1. The van der Waals surface area contributed by atoms with Crippen molar-refractivity contribution in [3.8, 4) is 0 Å². The Kier molecular flexibility index (Phi) is 8.71. The first kappa shape index (κ1) is 23.6. The molecule has 0 saturated carbocycles. The summed E-state index contributed by atoms with van der Waals surface area (Å²) in [7, 11) is 1.17. The number of ketones is 1. The average molecular weight is 428 g/mol. The van der Waals surface area contributed by atoms with Crippen LogP contribution < -0.4 is 11.1 Å². The Bertz CT molecular complexity index is 930. The number of esters is 1. The second-order valence-electron chi connectivity index (χ2n) is 6.71. The number of carboxylic acid groups (broad SMARTS) is 1. The molecular formula is C22H24N2O7. The summed E-state index contributed by atoms with van der Waals surface area (Å²) in [6.07, 6.45) is -1.43. The normalized spacial score (nSPS) is 12.3. The van der Waals surface area contributed by atoms with Gasteiger partial charge in [0.2, 0.25) is 0 Å². The van der Waals surface area contributed by atoms with Gasteiger partial charge in [0.25, 0.3) is 0 Å². The topological polar surface area (TPSA) is 145 Å². The van der Waals surface area contributed by atoms with Crippen molar-refractivity contribution in [1.82, 2.24) is 5.32 Å². The van der Waals surface area contributed by atoms with Crippen LogP contribution in [0.4, 0.5) is 4.79 Å². The second kappa shape index (κ2) is 11.5. The standard InChI is InChI=1S/C22H24N2O7/c1-30-21(28)18(24-22(29)31-13-14-7-3-2-4-8-14)11-15-9-5-6-10-16(15)20(27)17(23)12-19(25)26/h2-10,17-18H,11-13,23H2,1H3,(H,24,29)(H,25,26). The third kappa shape index (κ3) is 7.23. The van der Waals surface area contributed by atoms with Crippen LogP contribution in [0.1, 0.15) is 27.9 Å². The number of Topliss-reactive ketones (excluding diaryl/α,β-unsaturated/α-hetero) is 1. The predicted molar refractivity (Wildman–Crippen MR) is 110 cm³/mol. The van der Waals surface area contributed by atoms with E-state index in [1.165, 1.54) is 13.2 Å².